The Labute approximate surface area is 128 Å². The number of rotatable bonds is 6. The van der Waals surface area contributed by atoms with Gasteiger partial charge in [-0.25, -0.2) is 4.39 Å². The third-order valence-electron chi connectivity index (χ3n) is 3.02. The number of methoxy groups -OCH3 is 1. The summed E-state index contributed by atoms with van der Waals surface area (Å²) < 4.78 is 23.6. The Bertz CT molecular complexity index is 641. The first-order valence-electron chi connectivity index (χ1n) is 6.95. The summed E-state index contributed by atoms with van der Waals surface area (Å²) in [7, 11) is 1.62. The van der Waals surface area contributed by atoms with Gasteiger partial charge in [-0.1, -0.05) is 12.1 Å². The minimum atomic E-state index is -0.412. The molecule has 0 heterocycles. The SMILES string of the molecule is CCOc1cc(F)ccc1NC(=O)c1ccc(COC)cc1. The Morgan fingerprint density at radius 3 is 2.55 bits per heavy atom. The topological polar surface area (TPSA) is 47.6 Å². The molecule has 1 N–H and O–H groups in total. The quantitative estimate of drug-likeness (QED) is 0.886. The fourth-order valence-electron chi connectivity index (χ4n) is 1.99. The number of carbonyl (C=O) groups excluding carboxylic acids is 1. The van der Waals surface area contributed by atoms with Gasteiger partial charge in [0.05, 0.1) is 18.9 Å². The fraction of sp³-hybridized carbons (Fsp3) is 0.235. The second kappa shape index (κ2) is 7.56. The normalized spacial score (nSPS) is 10.3. The summed E-state index contributed by atoms with van der Waals surface area (Å²) in [6.07, 6.45) is 0. The minimum Gasteiger partial charge on any atom is -0.492 e. The zero-order chi connectivity index (χ0) is 15.9. The zero-order valence-corrected chi connectivity index (χ0v) is 12.6. The van der Waals surface area contributed by atoms with Crippen LogP contribution in [0.2, 0.25) is 0 Å². The van der Waals surface area contributed by atoms with E-state index < -0.39 is 5.82 Å². The van der Waals surface area contributed by atoms with Gasteiger partial charge < -0.3 is 14.8 Å². The monoisotopic (exact) mass is 303 g/mol. The Morgan fingerprint density at radius 1 is 1.18 bits per heavy atom. The average molecular weight is 303 g/mol. The lowest BCUT2D eigenvalue weighted by molar-refractivity contribution is 0.102. The van der Waals surface area contributed by atoms with Gasteiger partial charge in [0, 0.05) is 18.7 Å². The van der Waals surface area contributed by atoms with E-state index in [1.165, 1.54) is 18.2 Å². The van der Waals surface area contributed by atoms with Gasteiger partial charge in [-0.2, -0.15) is 0 Å². The maximum atomic E-state index is 13.2. The zero-order valence-electron chi connectivity index (χ0n) is 12.6. The molecule has 2 aromatic carbocycles. The molecular formula is C17H18FNO3. The Morgan fingerprint density at radius 2 is 1.91 bits per heavy atom. The maximum Gasteiger partial charge on any atom is 0.255 e. The fourth-order valence-corrected chi connectivity index (χ4v) is 1.99. The lowest BCUT2D eigenvalue weighted by Crippen LogP contribution is -2.13. The Kier molecular flexibility index (Phi) is 5.49. The van der Waals surface area contributed by atoms with Crippen molar-refractivity contribution in [3.8, 4) is 5.75 Å². The van der Waals surface area contributed by atoms with E-state index in [2.05, 4.69) is 5.32 Å². The summed E-state index contributed by atoms with van der Waals surface area (Å²) in [4.78, 5) is 12.2. The van der Waals surface area contributed by atoms with Gasteiger partial charge in [0.15, 0.2) is 0 Å². The molecule has 116 valence electrons. The second-order valence-electron chi connectivity index (χ2n) is 4.66. The molecular weight excluding hydrogens is 285 g/mol. The van der Waals surface area contributed by atoms with Gasteiger partial charge in [0.1, 0.15) is 11.6 Å². The van der Waals surface area contributed by atoms with E-state index in [0.29, 0.717) is 30.2 Å². The molecule has 0 saturated carbocycles. The van der Waals surface area contributed by atoms with Gasteiger partial charge in [-0.05, 0) is 36.8 Å². The molecule has 0 aliphatic heterocycles. The van der Waals surface area contributed by atoms with Crippen molar-refractivity contribution in [2.24, 2.45) is 0 Å². The molecule has 5 heteroatoms. The number of anilines is 1. The standard InChI is InChI=1S/C17H18FNO3/c1-3-22-16-10-14(18)8-9-15(16)19-17(20)13-6-4-12(5-7-13)11-21-2/h4-10H,3,11H2,1-2H3,(H,19,20). The van der Waals surface area contributed by atoms with E-state index in [9.17, 15) is 9.18 Å². The number of hydrogen-bond donors (Lipinski definition) is 1. The van der Waals surface area contributed by atoms with Crippen LogP contribution in [0.25, 0.3) is 0 Å². The van der Waals surface area contributed by atoms with Crippen LogP contribution in [0, 0.1) is 5.82 Å². The molecule has 0 fully saturated rings. The van der Waals surface area contributed by atoms with E-state index in [0.717, 1.165) is 5.56 Å². The number of amides is 1. The predicted octanol–water partition coefficient (Wildman–Crippen LogP) is 3.62. The summed E-state index contributed by atoms with van der Waals surface area (Å²) >= 11 is 0. The number of benzene rings is 2. The molecule has 2 aromatic rings. The van der Waals surface area contributed by atoms with Crippen molar-refractivity contribution < 1.29 is 18.7 Å². The van der Waals surface area contributed by atoms with Gasteiger partial charge in [0.25, 0.3) is 5.91 Å². The molecule has 0 radical (unpaired) electrons. The third-order valence-corrected chi connectivity index (χ3v) is 3.02. The minimum absolute atomic E-state index is 0.281. The number of hydrogen-bond acceptors (Lipinski definition) is 3. The highest BCUT2D eigenvalue weighted by Gasteiger charge is 2.11. The molecule has 0 saturated heterocycles. The van der Waals surface area contributed by atoms with Gasteiger partial charge in [0.2, 0.25) is 0 Å². The van der Waals surface area contributed by atoms with Crippen molar-refractivity contribution in [1.29, 1.82) is 0 Å². The van der Waals surface area contributed by atoms with Crippen molar-refractivity contribution >= 4 is 11.6 Å². The number of halogens is 1. The largest absolute Gasteiger partial charge is 0.492 e. The van der Waals surface area contributed by atoms with E-state index in [-0.39, 0.29) is 5.91 Å². The van der Waals surface area contributed by atoms with Gasteiger partial charge >= 0.3 is 0 Å². The molecule has 0 aliphatic rings. The van der Waals surface area contributed by atoms with Crippen LogP contribution in [0.4, 0.5) is 10.1 Å². The molecule has 0 spiro atoms. The van der Waals surface area contributed by atoms with Crippen molar-refractivity contribution in [2.75, 3.05) is 19.0 Å². The molecule has 4 nitrogen and oxygen atoms in total. The van der Waals surface area contributed by atoms with Crippen LogP contribution in [-0.4, -0.2) is 19.6 Å². The second-order valence-corrected chi connectivity index (χ2v) is 4.66. The van der Waals surface area contributed by atoms with Crippen molar-refractivity contribution in [1.82, 2.24) is 0 Å². The summed E-state index contributed by atoms with van der Waals surface area (Å²) in [5.41, 5.74) is 1.93. The number of nitrogens with one attached hydrogen (secondary N) is 1. The molecule has 0 aliphatic carbocycles. The third kappa shape index (κ3) is 4.05. The maximum absolute atomic E-state index is 13.2. The van der Waals surface area contributed by atoms with Crippen LogP contribution in [0.5, 0.6) is 5.75 Å². The molecule has 2 rings (SSSR count). The van der Waals surface area contributed by atoms with E-state index in [4.69, 9.17) is 9.47 Å². The van der Waals surface area contributed by atoms with Crippen LogP contribution in [-0.2, 0) is 11.3 Å². The van der Waals surface area contributed by atoms with Crippen LogP contribution in [0.15, 0.2) is 42.5 Å². The smallest absolute Gasteiger partial charge is 0.255 e. The van der Waals surface area contributed by atoms with Crippen LogP contribution >= 0.6 is 0 Å². The first-order chi connectivity index (χ1) is 10.6. The highest BCUT2D eigenvalue weighted by Crippen LogP contribution is 2.26. The lowest BCUT2D eigenvalue weighted by atomic mass is 10.1. The molecule has 22 heavy (non-hydrogen) atoms. The average Bonchev–Trinajstić information content (AvgIpc) is 2.51. The molecule has 0 aromatic heterocycles. The highest BCUT2D eigenvalue weighted by atomic mass is 19.1. The van der Waals surface area contributed by atoms with E-state index in [1.807, 2.05) is 12.1 Å². The molecule has 1 amide bonds. The van der Waals surface area contributed by atoms with Gasteiger partial charge in [-0.3, -0.25) is 4.79 Å². The van der Waals surface area contributed by atoms with Crippen molar-refractivity contribution in [2.45, 2.75) is 13.5 Å². The summed E-state index contributed by atoms with van der Waals surface area (Å²) in [5.74, 6) is -0.381. The van der Waals surface area contributed by atoms with Gasteiger partial charge in [-0.15, -0.1) is 0 Å². The molecule has 0 atom stereocenters. The predicted molar refractivity (Wildman–Crippen MR) is 82.7 cm³/mol. The first kappa shape index (κ1) is 16.0. The first-order valence-corrected chi connectivity index (χ1v) is 6.95. The van der Waals surface area contributed by atoms with E-state index >= 15 is 0 Å². The van der Waals surface area contributed by atoms with Crippen LogP contribution in [0.3, 0.4) is 0 Å². The lowest BCUT2D eigenvalue weighted by Gasteiger charge is -2.12. The van der Waals surface area contributed by atoms with Crippen molar-refractivity contribution in [3.63, 3.8) is 0 Å². The van der Waals surface area contributed by atoms with Crippen LogP contribution in [0.1, 0.15) is 22.8 Å². The number of ether oxygens (including phenoxy) is 2. The summed E-state index contributed by atoms with van der Waals surface area (Å²) in [6, 6.07) is 11.1. The Hall–Kier alpha value is -2.40. The van der Waals surface area contributed by atoms with E-state index in [1.54, 1.807) is 26.2 Å². The van der Waals surface area contributed by atoms with Crippen molar-refractivity contribution in [3.05, 3.63) is 59.4 Å². The van der Waals surface area contributed by atoms with Crippen LogP contribution < -0.4 is 10.1 Å². The molecule has 0 unspecified atom stereocenters. The number of carbonyl (C=O) groups is 1. The summed E-state index contributed by atoms with van der Waals surface area (Å²) in [5, 5.41) is 2.73. The highest BCUT2D eigenvalue weighted by molar-refractivity contribution is 6.05. The summed E-state index contributed by atoms with van der Waals surface area (Å²) in [6.45, 7) is 2.68. The Balaban J connectivity index is 2.14. The molecule has 0 bridgehead atoms.